The number of urea groups is 1. The van der Waals surface area contributed by atoms with E-state index in [0.717, 1.165) is 49.8 Å². The van der Waals surface area contributed by atoms with Crippen LogP contribution < -0.4 is 10.6 Å². The predicted molar refractivity (Wildman–Crippen MR) is 108 cm³/mol. The van der Waals surface area contributed by atoms with E-state index in [9.17, 15) is 19.2 Å². The number of unbranched alkanes of at least 4 members (excludes halogenated alkanes) is 3. The van der Waals surface area contributed by atoms with Crippen molar-refractivity contribution < 1.29 is 23.9 Å². The van der Waals surface area contributed by atoms with Crippen molar-refractivity contribution >= 4 is 23.8 Å². The molecule has 4 amide bonds. The van der Waals surface area contributed by atoms with Gasteiger partial charge in [-0.3, -0.25) is 19.3 Å². The zero-order chi connectivity index (χ0) is 21.4. The van der Waals surface area contributed by atoms with E-state index in [0.29, 0.717) is 6.42 Å². The minimum atomic E-state index is -0.903. The molecule has 0 unspecified atom stereocenters. The number of carbonyl (C=O) groups excluding carboxylic acids is 4. The number of nitrogens with one attached hydrogen (secondary N) is 2. The van der Waals surface area contributed by atoms with E-state index >= 15 is 0 Å². The molecule has 29 heavy (non-hydrogen) atoms. The van der Waals surface area contributed by atoms with Crippen LogP contribution in [-0.2, 0) is 19.1 Å². The predicted octanol–water partition coefficient (Wildman–Crippen LogP) is 2.51. The smallest absolute Gasteiger partial charge is 0.326 e. The van der Waals surface area contributed by atoms with Gasteiger partial charge in [-0.25, -0.2) is 4.79 Å². The minimum Gasteiger partial charge on any atom is -0.454 e. The third-order valence-corrected chi connectivity index (χ3v) is 6.05. The summed E-state index contributed by atoms with van der Waals surface area (Å²) in [6.07, 6.45) is 8.74. The third-order valence-electron chi connectivity index (χ3n) is 6.05. The Morgan fingerprint density at radius 2 is 2.03 bits per heavy atom. The molecule has 0 aromatic rings. The van der Waals surface area contributed by atoms with Crippen molar-refractivity contribution in [2.24, 2.45) is 5.92 Å². The molecule has 164 valence electrons. The average molecular weight is 410 g/mol. The Labute approximate surface area is 173 Å². The summed E-state index contributed by atoms with van der Waals surface area (Å²) >= 11 is 0. The summed E-state index contributed by atoms with van der Waals surface area (Å²) < 4.78 is 4.98. The Kier molecular flexibility index (Phi) is 8.46. The van der Waals surface area contributed by atoms with Crippen molar-refractivity contribution in [3.63, 3.8) is 0 Å². The van der Waals surface area contributed by atoms with Crippen molar-refractivity contribution in [2.45, 2.75) is 90.1 Å². The number of amides is 4. The number of hydrogen-bond acceptors (Lipinski definition) is 5. The first-order valence-electron chi connectivity index (χ1n) is 10.9. The van der Waals surface area contributed by atoms with Gasteiger partial charge in [0.05, 0.1) is 0 Å². The van der Waals surface area contributed by atoms with Crippen molar-refractivity contribution in [1.29, 1.82) is 0 Å². The van der Waals surface area contributed by atoms with E-state index in [1.807, 2.05) is 13.8 Å². The van der Waals surface area contributed by atoms with Crippen LogP contribution >= 0.6 is 0 Å². The van der Waals surface area contributed by atoms with Gasteiger partial charge in [0.2, 0.25) is 0 Å². The van der Waals surface area contributed by atoms with E-state index in [1.54, 1.807) is 0 Å². The van der Waals surface area contributed by atoms with Crippen LogP contribution in [-0.4, -0.2) is 53.4 Å². The first kappa shape index (κ1) is 23.2. The monoisotopic (exact) mass is 409 g/mol. The molecule has 0 aromatic carbocycles. The summed E-state index contributed by atoms with van der Waals surface area (Å²) in [7, 11) is 0. The van der Waals surface area contributed by atoms with Crippen molar-refractivity contribution in [2.75, 3.05) is 13.2 Å². The fraction of sp³-hybridized carbons (Fsp3) is 0.810. The summed E-state index contributed by atoms with van der Waals surface area (Å²) in [5.74, 6) is -1.48. The van der Waals surface area contributed by atoms with Crippen LogP contribution in [0, 0.1) is 5.92 Å². The number of rotatable bonds is 10. The Morgan fingerprint density at radius 1 is 1.28 bits per heavy atom. The zero-order valence-electron chi connectivity index (χ0n) is 17.9. The summed E-state index contributed by atoms with van der Waals surface area (Å²) in [5.41, 5.74) is -0.903. The average Bonchev–Trinajstić information content (AvgIpc) is 2.91. The van der Waals surface area contributed by atoms with E-state index in [-0.39, 0.29) is 23.8 Å². The lowest BCUT2D eigenvalue weighted by Crippen LogP contribution is -2.54. The molecular formula is C21H35N3O5. The van der Waals surface area contributed by atoms with E-state index in [4.69, 9.17) is 4.74 Å². The Balaban J connectivity index is 1.75. The number of imide groups is 1. The summed E-state index contributed by atoms with van der Waals surface area (Å²) in [6.45, 7) is 5.13. The molecule has 2 fully saturated rings. The third kappa shape index (κ3) is 5.93. The first-order chi connectivity index (χ1) is 13.8. The maximum atomic E-state index is 12.8. The normalized spacial score (nSPS) is 25.1. The lowest BCUT2D eigenvalue weighted by Gasteiger charge is -2.36. The zero-order valence-corrected chi connectivity index (χ0v) is 17.9. The van der Waals surface area contributed by atoms with E-state index in [1.165, 1.54) is 6.42 Å². The minimum absolute atomic E-state index is 0.0108. The highest BCUT2D eigenvalue weighted by Gasteiger charge is 2.55. The first-order valence-corrected chi connectivity index (χ1v) is 10.9. The number of esters is 1. The van der Waals surface area contributed by atoms with Crippen LogP contribution in [0.1, 0.15) is 78.6 Å². The molecule has 1 saturated heterocycles. The molecule has 1 saturated carbocycles. The van der Waals surface area contributed by atoms with E-state index in [2.05, 4.69) is 17.6 Å². The van der Waals surface area contributed by atoms with Crippen LogP contribution in [0.3, 0.4) is 0 Å². The summed E-state index contributed by atoms with van der Waals surface area (Å²) in [4.78, 5) is 50.1. The number of nitrogens with zero attached hydrogens (tertiary/aromatic N) is 1. The molecule has 3 atom stereocenters. The van der Waals surface area contributed by atoms with Gasteiger partial charge in [0.25, 0.3) is 11.8 Å². The molecule has 2 N–H and O–H groups in total. The fourth-order valence-electron chi connectivity index (χ4n) is 4.23. The van der Waals surface area contributed by atoms with E-state index < -0.39 is 30.7 Å². The standard InChI is InChI=1S/C21H35N3O5/c1-4-5-6-7-11-16(3)22-17(25)14-29-18(26)13-24-19(27)21(23-20(24)28)12-9-8-10-15(21)2/h15-16H,4-14H2,1-3H3,(H,22,25)(H,23,28)/t15-,16-,21-/m0/s1. The van der Waals surface area contributed by atoms with Gasteiger partial charge >= 0.3 is 12.0 Å². The van der Waals surface area contributed by atoms with Gasteiger partial charge in [-0.05, 0) is 32.1 Å². The van der Waals surface area contributed by atoms with Crippen LogP contribution in [0.4, 0.5) is 4.79 Å². The molecule has 0 bridgehead atoms. The Bertz CT molecular complexity index is 623. The van der Waals surface area contributed by atoms with Gasteiger partial charge in [0.1, 0.15) is 12.1 Å². The van der Waals surface area contributed by atoms with Crippen LogP contribution in [0.15, 0.2) is 0 Å². The lowest BCUT2D eigenvalue weighted by molar-refractivity contribution is -0.151. The highest BCUT2D eigenvalue weighted by atomic mass is 16.5. The quantitative estimate of drug-likeness (QED) is 0.328. The maximum Gasteiger partial charge on any atom is 0.326 e. The fourth-order valence-corrected chi connectivity index (χ4v) is 4.23. The SMILES string of the molecule is CCCCCC[C@H](C)NC(=O)COC(=O)CN1C(=O)N[C@]2(CCCC[C@@H]2C)C1=O. The largest absolute Gasteiger partial charge is 0.454 e. The summed E-state index contributed by atoms with van der Waals surface area (Å²) in [5, 5.41) is 5.59. The van der Waals surface area contributed by atoms with Crippen molar-refractivity contribution in [3.8, 4) is 0 Å². The topological polar surface area (TPSA) is 105 Å². The maximum absolute atomic E-state index is 12.8. The van der Waals surface area contributed by atoms with Gasteiger partial charge < -0.3 is 15.4 Å². The Hall–Kier alpha value is -2.12. The van der Waals surface area contributed by atoms with Crippen LogP contribution in [0.2, 0.25) is 0 Å². The molecule has 0 radical (unpaired) electrons. The molecule has 8 heteroatoms. The lowest BCUT2D eigenvalue weighted by atomic mass is 9.73. The number of hydrogen-bond donors (Lipinski definition) is 2. The molecule has 8 nitrogen and oxygen atoms in total. The van der Waals surface area contributed by atoms with Crippen LogP contribution in [0.5, 0.6) is 0 Å². The second kappa shape index (κ2) is 10.6. The molecule has 2 rings (SSSR count). The van der Waals surface area contributed by atoms with Crippen molar-refractivity contribution in [3.05, 3.63) is 0 Å². The van der Waals surface area contributed by atoms with Gasteiger partial charge in [0, 0.05) is 6.04 Å². The number of ether oxygens (including phenoxy) is 1. The van der Waals surface area contributed by atoms with Crippen molar-refractivity contribution in [1.82, 2.24) is 15.5 Å². The van der Waals surface area contributed by atoms with Gasteiger partial charge in [-0.15, -0.1) is 0 Å². The Morgan fingerprint density at radius 3 is 2.72 bits per heavy atom. The highest BCUT2D eigenvalue weighted by molar-refractivity contribution is 6.09. The number of carbonyl (C=O) groups is 4. The second-order valence-electron chi connectivity index (χ2n) is 8.42. The molecule has 1 spiro atoms. The molecule has 0 aromatic heterocycles. The summed E-state index contributed by atoms with van der Waals surface area (Å²) in [6, 6.07) is -0.553. The van der Waals surface area contributed by atoms with Gasteiger partial charge in [-0.2, -0.15) is 0 Å². The highest BCUT2D eigenvalue weighted by Crippen LogP contribution is 2.38. The van der Waals surface area contributed by atoms with Gasteiger partial charge in [-0.1, -0.05) is 52.4 Å². The molecule has 1 aliphatic carbocycles. The van der Waals surface area contributed by atoms with Gasteiger partial charge in [0.15, 0.2) is 6.61 Å². The molecule has 1 aliphatic heterocycles. The van der Waals surface area contributed by atoms with Crippen LogP contribution in [0.25, 0.3) is 0 Å². The molecule has 1 heterocycles. The molecular weight excluding hydrogens is 374 g/mol. The second-order valence-corrected chi connectivity index (χ2v) is 8.42. The molecule has 2 aliphatic rings.